The number of rotatable bonds is 9. The lowest BCUT2D eigenvalue weighted by atomic mass is 10.1. The van der Waals surface area contributed by atoms with E-state index in [9.17, 15) is 0 Å². The first kappa shape index (κ1) is 16.0. The number of nitrogens with one attached hydrogen (secondary N) is 1. The van der Waals surface area contributed by atoms with Crippen molar-refractivity contribution >= 4 is 0 Å². The molecule has 108 valence electrons. The van der Waals surface area contributed by atoms with Crippen LogP contribution in [0.2, 0.25) is 0 Å². The van der Waals surface area contributed by atoms with E-state index in [4.69, 9.17) is 9.47 Å². The summed E-state index contributed by atoms with van der Waals surface area (Å²) < 4.78 is 11.5. The van der Waals surface area contributed by atoms with E-state index in [1.54, 1.807) is 7.11 Å². The number of hydrogen-bond donors (Lipinski definition) is 1. The van der Waals surface area contributed by atoms with Crippen LogP contribution in [-0.2, 0) is 4.74 Å². The van der Waals surface area contributed by atoms with E-state index in [0.717, 1.165) is 37.4 Å². The molecule has 3 nitrogen and oxygen atoms in total. The summed E-state index contributed by atoms with van der Waals surface area (Å²) >= 11 is 0. The van der Waals surface area contributed by atoms with Crippen molar-refractivity contribution in [1.82, 2.24) is 5.32 Å². The summed E-state index contributed by atoms with van der Waals surface area (Å²) in [7, 11) is 1.71. The lowest BCUT2D eigenvalue weighted by Crippen LogP contribution is -2.24. The Morgan fingerprint density at radius 1 is 1.21 bits per heavy atom. The van der Waals surface area contributed by atoms with Crippen molar-refractivity contribution in [2.45, 2.75) is 33.3 Å². The zero-order valence-corrected chi connectivity index (χ0v) is 12.6. The summed E-state index contributed by atoms with van der Waals surface area (Å²) in [4.78, 5) is 0. The van der Waals surface area contributed by atoms with E-state index in [1.807, 2.05) is 18.2 Å². The Balaban J connectivity index is 2.71. The highest BCUT2D eigenvalue weighted by Gasteiger charge is 2.16. The van der Waals surface area contributed by atoms with E-state index in [-0.39, 0.29) is 6.10 Å². The van der Waals surface area contributed by atoms with Crippen LogP contribution in [0.1, 0.15) is 38.9 Å². The predicted molar refractivity (Wildman–Crippen MR) is 79.7 cm³/mol. The molecule has 0 saturated heterocycles. The smallest absolute Gasteiger partial charge is 0.124 e. The molecule has 0 spiro atoms. The predicted octanol–water partition coefficient (Wildman–Crippen LogP) is 3.41. The first-order valence-electron chi connectivity index (χ1n) is 7.14. The number of ether oxygens (including phenoxy) is 2. The highest BCUT2D eigenvalue weighted by molar-refractivity contribution is 5.35. The fraction of sp³-hybridized carbons (Fsp3) is 0.625. The summed E-state index contributed by atoms with van der Waals surface area (Å²) in [6, 6.07) is 8.08. The van der Waals surface area contributed by atoms with Gasteiger partial charge in [0.15, 0.2) is 0 Å². The van der Waals surface area contributed by atoms with Gasteiger partial charge < -0.3 is 14.8 Å². The van der Waals surface area contributed by atoms with Crippen molar-refractivity contribution in [3.8, 4) is 5.75 Å². The van der Waals surface area contributed by atoms with Crippen molar-refractivity contribution in [2.75, 3.05) is 26.8 Å². The molecule has 1 atom stereocenters. The number of para-hydroxylation sites is 1. The molecule has 0 aromatic heterocycles. The molecule has 19 heavy (non-hydrogen) atoms. The minimum absolute atomic E-state index is 0.0508. The van der Waals surface area contributed by atoms with Crippen LogP contribution in [0.3, 0.4) is 0 Å². The topological polar surface area (TPSA) is 30.5 Å². The summed E-state index contributed by atoms with van der Waals surface area (Å²) in [5.74, 6) is 1.56. The molecule has 1 unspecified atom stereocenters. The Kier molecular flexibility index (Phi) is 7.53. The van der Waals surface area contributed by atoms with Crippen molar-refractivity contribution in [3.63, 3.8) is 0 Å². The third kappa shape index (κ3) is 5.62. The van der Waals surface area contributed by atoms with E-state index in [2.05, 4.69) is 32.2 Å². The third-order valence-corrected chi connectivity index (χ3v) is 3.08. The Morgan fingerprint density at radius 3 is 2.58 bits per heavy atom. The standard InChI is InChI=1S/C16H27NO2/c1-5-17-12-16(19-11-10-13(2)3)14-8-6-7-9-15(14)18-4/h6-9,13,16-17H,5,10-12H2,1-4H3. The molecule has 1 rings (SSSR count). The van der Waals surface area contributed by atoms with Gasteiger partial charge >= 0.3 is 0 Å². The molecule has 0 amide bonds. The zero-order valence-electron chi connectivity index (χ0n) is 12.6. The maximum absolute atomic E-state index is 6.04. The van der Waals surface area contributed by atoms with E-state index >= 15 is 0 Å². The average molecular weight is 265 g/mol. The Morgan fingerprint density at radius 2 is 1.95 bits per heavy atom. The van der Waals surface area contributed by atoms with Crippen LogP contribution in [0.25, 0.3) is 0 Å². The van der Waals surface area contributed by atoms with E-state index < -0.39 is 0 Å². The van der Waals surface area contributed by atoms with Gasteiger partial charge in [0.2, 0.25) is 0 Å². The molecule has 1 N–H and O–H groups in total. The molecule has 0 radical (unpaired) electrons. The summed E-state index contributed by atoms with van der Waals surface area (Å²) in [5.41, 5.74) is 1.12. The number of methoxy groups -OCH3 is 1. The molecule has 0 aliphatic carbocycles. The van der Waals surface area contributed by atoms with Gasteiger partial charge in [-0.25, -0.2) is 0 Å². The van der Waals surface area contributed by atoms with Gasteiger partial charge in [0.05, 0.1) is 13.2 Å². The van der Waals surface area contributed by atoms with Crippen LogP contribution in [0.5, 0.6) is 5.75 Å². The normalized spacial score (nSPS) is 12.7. The maximum Gasteiger partial charge on any atom is 0.124 e. The van der Waals surface area contributed by atoms with E-state index in [1.165, 1.54) is 0 Å². The van der Waals surface area contributed by atoms with Crippen molar-refractivity contribution in [1.29, 1.82) is 0 Å². The fourth-order valence-electron chi connectivity index (χ4n) is 1.91. The summed E-state index contributed by atoms with van der Waals surface area (Å²) in [6.07, 6.45) is 1.13. The van der Waals surface area contributed by atoms with Crippen LogP contribution in [-0.4, -0.2) is 26.8 Å². The van der Waals surface area contributed by atoms with Gasteiger partial charge in [-0.15, -0.1) is 0 Å². The molecule has 3 heteroatoms. The largest absolute Gasteiger partial charge is 0.496 e. The van der Waals surface area contributed by atoms with Crippen molar-refractivity contribution < 1.29 is 9.47 Å². The summed E-state index contributed by atoms with van der Waals surface area (Å²) in [6.45, 7) is 9.07. The van der Waals surface area contributed by atoms with Crippen molar-refractivity contribution in [3.05, 3.63) is 29.8 Å². The first-order chi connectivity index (χ1) is 9.19. The molecule has 1 aromatic carbocycles. The van der Waals surface area contributed by atoms with Crippen LogP contribution < -0.4 is 10.1 Å². The lowest BCUT2D eigenvalue weighted by molar-refractivity contribution is 0.0446. The molecule has 0 fully saturated rings. The van der Waals surface area contributed by atoms with Gasteiger partial charge in [-0.1, -0.05) is 39.0 Å². The SMILES string of the molecule is CCNCC(OCCC(C)C)c1ccccc1OC. The highest BCUT2D eigenvalue weighted by Crippen LogP contribution is 2.27. The monoisotopic (exact) mass is 265 g/mol. The van der Waals surface area contributed by atoms with Gasteiger partial charge in [-0.2, -0.15) is 0 Å². The molecule has 0 bridgehead atoms. The van der Waals surface area contributed by atoms with Crippen LogP contribution in [0.15, 0.2) is 24.3 Å². The molecule has 0 aliphatic heterocycles. The van der Waals surface area contributed by atoms with Crippen LogP contribution >= 0.6 is 0 Å². The van der Waals surface area contributed by atoms with Gasteiger partial charge in [-0.3, -0.25) is 0 Å². The third-order valence-electron chi connectivity index (χ3n) is 3.08. The number of benzene rings is 1. The lowest BCUT2D eigenvalue weighted by Gasteiger charge is -2.21. The number of hydrogen-bond acceptors (Lipinski definition) is 3. The van der Waals surface area contributed by atoms with Gasteiger partial charge in [-0.05, 0) is 24.9 Å². The fourth-order valence-corrected chi connectivity index (χ4v) is 1.91. The van der Waals surface area contributed by atoms with Crippen molar-refractivity contribution in [2.24, 2.45) is 5.92 Å². The second-order valence-electron chi connectivity index (χ2n) is 5.09. The molecule has 0 saturated carbocycles. The van der Waals surface area contributed by atoms with Gasteiger partial charge in [0.25, 0.3) is 0 Å². The first-order valence-corrected chi connectivity index (χ1v) is 7.14. The molecule has 0 heterocycles. The Hall–Kier alpha value is -1.06. The van der Waals surface area contributed by atoms with Crippen LogP contribution in [0.4, 0.5) is 0 Å². The van der Waals surface area contributed by atoms with Crippen LogP contribution in [0, 0.1) is 5.92 Å². The van der Waals surface area contributed by atoms with Gasteiger partial charge in [0, 0.05) is 18.7 Å². The quantitative estimate of drug-likeness (QED) is 0.742. The number of likely N-dealkylation sites (N-methyl/N-ethyl adjacent to an activating group) is 1. The molecular formula is C16H27NO2. The van der Waals surface area contributed by atoms with E-state index in [0.29, 0.717) is 5.92 Å². The second-order valence-corrected chi connectivity index (χ2v) is 5.09. The Bertz CT molecular complexity index is 352. The Labute approximate surface area is 117 Å². The highest BCUT2D eigenvalue weighted by atomic mass is 16.5. The molecule has 0 aliphatic rings. The second kappa shape index (κ2) is 8.94. The maximum atomic E-state index is 6.04. The molecule has 1 aromatic rings. The summed E-state index contributed by atoms with van der Waals surface area (Å²) in [5, 5.41) is 3.36. The molecular weight excluding hydrogens is 238 g/mol. The zero-order chi connectivity index (χ0) is 14.1. The average Bonchev–Trinajstić information content (AvgIpc) is 2.42. The van der Waals surface area contributed by atoms with Gasteiger partial charge in [0.1, 0.15) is 5.75 Å². The minimum Gasteiger partial charge on any atom is -0.496 e. The minimum atomic E-state index is 0.0508.